The Labute approximate surface area is 175 Å². The van der Waals surface area contributed by atoms with Crippen LogP contribution in [0.4, 0.5) is 0 Å². The van der Waals surface area contributed by atoms with Crippen LogP contribution in [0.1, 0.15) is 30.3 Å². The molecule has 5 rings (SSSR count). The molecule has 0 saturated carbocycles. The summed E-state index contributed by atoms with van der Waals surface area (Å²) in [6, 6.07) is 16.2. The Bertz CT molecular complexity index is 1300. The number of oxazole rings is 1. The predicted octanol–water partition coefficient (Wildman–Crippen LogP) is 4.72. The fourth-order valence-corrected chi connectivity index (χ4v) is 5.57. The Balaban J connectivity index is 1.50. The van der Waals surface area contributed by atoms with Gasteiger partial charge in [0.1, 0.15) is 11.6 Å². The van der Waals surface area contributed by atoms with E-state index in [2.05, 4.69) is 9.97 Å². The van der Waals surface area contributed by atoms with Gasteiger partial charge in [-0.05, 0) is 55.7 Å². The van der Waals surface area contributed by atoms with Gasteiger partial charge in [-0.25, -0.2) is 13.4 Å². The van der Waals surface area contributed by atoms with Gasteiger partial charge in [0.2, 0.25) is 15.9 Å². The minimum Gasteiger partial charge on any atom is -0.439 e. The molecule has 3 heterocycles. The van der Waals surface area contributed by atoms with Crippen LogP contribution in [0.2, 0.25) is 0 Å². The molecule has 1 atom stereocenters. The van der Waals surface area contributed by atoms with Gasteiger partial charge in [0, 0.05) is 24.5 Å². The first-order valence-corrected chi connectivity index (χ1v) is 11.4. The monoisotopic (exact) mass is 419 g/mol. The number of nitrogens with zero attached hydrogens (tertiary/aromatic N) is 3. The van der Waals surface area contributed by atoms with E-state index >= 15 is 0 Å². The number of aromatic nitrogens is 2. The van der Waals surface area contributed by atoms with Gasteiger partial charge in [-0.3, -0.25) is 4.98 Å². The maximum absolute atomic E-state index is 13.2. The van der Waals surface area contributed by atoms with Crippen molar-refractivity contribution in [1.82, 2.24) is 14.3 Å². The molecule has 0 bridgehead atoms. The van der Waals surface area contributed by atoms with Crippen LogP contribution in [0.25, 0.3) is 22.2 Å². The topological polar surface area (TPSA) is 76.3 Å². The van der Waals surface area contributed by atoms with Gasteiger partial charge in [-0.15, -0.1) is 0 Å². The van der Waals surface area contributed by atoms with Crippen molar-refractivity contribution in [1.29, 1.82) is 0 Å². The minimum atomic E-state index is -3.62. The summed E-state index contributed by atoms with van der Waals surface area (Å²) in [4.78, 5) is 9.12. The van der Waals surface area contributed by atoms with Gasteiger partial charge in [0.15, 0.2) is 5.58 Å². The second-order valence-corrected chi connectivity index (χ2v) is 9.45. The van der Waals surface area contributed by atoms with Crippen molar-refractivity contribution in [2.24, 2.45) is 0 Å². The summed E-state index contributed by atoms with van der Waals surface area (Å²) in [5.74, 6) is 0.446. The molecular weight excluding hydrogens is 398 g/mol. The van der Waals surface area contributed by atoms with Crippen LogP contribution in [0, 0.1) is 6.92 Å². The van der Waals surface area contributed by atoms with Crippen molar-refractivity contribution < 1.29 is 12.8 Å². The Hall–Kier alpha value is -3.03. The maximum Gasteiger partial charge on any atom is 0.243 e. The van der Waals surface area contributed by atoms with Crippen LogP contribution in [0.3, 0.4) is 0 Å². The second kappa shape index (κ2) is 7.34. The number of pyridine rings is 1. The minimum absolute atomic E-state index is 0.301. The average Bonchev–Trinajstić information content (AvgIpc) is 3.41. The highest BCUT2D eigenvalue weighted by Gasteiger charge is 2.39. The lowest BCUT2D eigenvalue weighted by Gasteiger charge is -2.21. The first-order valence-electron chi connectivity index (χ1n) is 9.92. The van der Waals surface area contributed by atoms with Crippen molar-refractivity contribution >= 4 is 21.1 Å². The predicted molar refractivity (Wildman–Crippen MR) is 114 cm³/mol. The molecule has 2 aromatic carbocycles. The molecule has 30 heavy (non-hydrogen) atoms. The molecule has 1 fully saturated rings. The van der Waals surface area contributed by atoms with E-state index in [-0.39, 0.29) is 0 Å². The van der Waals surface area contributed by atoms with Crippen LogP contribution in [0.5, 0.6) is 0 Å². The van der Waals surface area contributed by atoms with Gasteiger partial charge < -0.3 is 4.42 Å². The number of hydrogen-bond acceptors (Lipinski definition) is 5. The number of aryl methyl sites for hydroxylation is 1. The molecule has 7 heteroatoms. The Morgan fingerprint density at radius 3 is 2.67 bits per heavy atom. The first kappa shape index (κ1) is 19.0. The number of benzene rings is 2. The molecule has 1 aliphatic heterocycles. The third-order valence-electron chi connectivity index (χ3n) is 5.52. The van der Waals surface area contributed by atoms with Crippen LogP contribution >= 0.6 is 0 Å². The third kappa shape index (κ3) is 3.30. The molecule has 0 amide bonds. The maximum atomic E-state index is 13.2. The van der Waals surface area contributed by atoms with Crippen molar-refractivity contribution in [3.05, 3.63) is 78.4 Å². The first-order chi connectivity index (χ1) is 14.5. The van der Waals surface area contributed by atoms with Crippen molar-refractivity contribution in [3.8, 4) is 11.1 Å². The second-order valence-electron chi connectivity index (χ2n) is 7.56. The molecule has 1 unspecified atom stereocenters. The Morgan fingerprint density at radius 2 is 1.90 bits per heavy atom. The van der Waals surface area contributed by atoms with E-state index in [1.54, 1.807) is 24.5 Å². The van der Waals surface area contributed by atoms with Gasteiger partial charge in [-0.2, -0.15) is 4.31 Å². The number of sulfonamides is 1. The summed E-state index contributed by atoms with van der Waals surface area (Å²) in [5, 5.41) is 0. The molecule has 0 radical (unpaired) electrons. The fourth-order valence-electron chi connectivity index (χ4n) is 3.92. The normalized spacial score (nSPS) is 17.6. The highest BCUT2D eigenvalue weighted by atomic mass is 32.2. The smallest absolute Gasteiger partial charge is 0.243 e. The molecule has 4 aromatic rings. The van der Waals surface area contributed by atoms with E-state index in [0.717, 1.165) is 23.1 Å². The molecule has 152 valence electrons. The van der Waals surface area contributed by atoms with Crippen LogP contribution in [-0.4, -0.2) is 29.2 Å². The molecule has 0 spiro atoms. The highest BCUT2D eigenvalue weighted by molar-refractivity contribution is 7.89. The van der Waals surface area contributed by atoms with Crippen molar-refractivity contribution in [2.75, 3.05) is 6.54 Å². The lowest BCUT2D eigenvalue weighted by molar-refractivity contribution is 0.337. The molecule has 6 nitrogen and oxygen atoms in total. The quantitative estimate of drug-likeness (QED) is 0.478. The zero-order valence-electron chi connectivity index (χ0n) is 16.5. The Morgan fingerprint density at radius 1 is 1.07 bits per heavy atom. The number of hydrogen-bond donors (Lipinski definition) is 0. The highest BCUT2D eigenvalue weighted by Crippen LogP contribution is 2.37. The van der Waals surface area contributed by atoms with E-state index in [4.69, 9.17) is 4.42 Å². The zero-order chi connectivity index (χ0) is 20.7. The van der Waals surface area contributed by atoms with Crippen molar-refractivity contribution in [3.63, 3.8) is 0 Å². The summed E-state index contributed by atoms with van der Waals surface area (Å²) in [6.45, 7) is 2.40. The fraction of sp³-hybridized carbons (Fsp3) is 0.217. The lowest BCUT2D eigenvalue weighted by atomic mass is 10.1. The molecule has 2 aromatic heterocycles. The average molecular weight is 420 g/mol. The summed E-state index contributed by atoms with van der Waals surface area (Å²) in [5.41, 5.74) is 4.37. The Kier molecular flexibility index (Phi) is 4.64. The standard InChI is InChI=1S/C23H21N3O3S/c1-16-6-9-19(10-7-16)30(27,28)26-13-3-5-21(26)23-25-20-14-17(8-11-22(20)29-23)18-4-2-12-24-15-18/h2,4,6-12,14-15,21H,3,5,13H2,1H3. The van der Waals surface area contributed by atoms with E-state index in [1.807, 2.05) is 49.4 Å². The third-order valence-corrected chi connectivity index (χ3v) is 7.44. The van der Waals surface area contributed by atoms with Crippen LogP contribution in [-0.2, 0) is 10.0 Å². The summed E-state index contributed by atoms with van der Waals surface area (Å²) in [6.07, 6.45) is 5.00. The molecule has 1 saturated heterocycles. The van der Waals surface area contributed by atoms with Crippen LogP contribution in [0.15, 0.2) is 76.3 Å². The zero-order valence-corrected chi connectivity index (χ0v) is 17.3. The lowest BCUT2D eigenvalue weighted by Crippen LogP contribution is -2.30. The summed E-state index contributed by atoms with van der Waals surface area (Å²) < 4.78 is 34.0. The van der Waals surface area contributed by atoms with E-state index in [9.17, 15) is 8.42 Å². The van der Waals surface area contributed by atoms with E-state index in [0.29, 0.717) is 34.9 Å². The number of rotatable bonds is 4. The summed E-state index contributed by atoms with van der Waals surface area (Å²) >= 11 is 0. The SMILES string of the molecule is Cc1ccc(S(=O)(=O)N2CCCC2c2nc3cc(-c4cccnc4)ccc3o2)cc1. The molecule has 0 aliphatic carbocycles. The van der Waals surface area contributed by atoms with Crippen molar-refractivity contribution in [2.45, 2.75) is 30.7 Å². The molecule has 0 N–H and O–H groups in total. The molecule has 1 aliphatic rings. The van der Waals surface area contributed by atoms with E-state index in [1.165, 1.54) is 4.31 Å². The van der Waals surface area contributed by atoms with Crippen LogP contribution < -0.4 is 0 Å². The van der Waals surface area contributed by atoms with Gasteiger partial charge in [0.25, 0.3) is 0 Å². The largest absolute Gasteiger partial charge is 0.439 e. The number of fused-ring (bicyclic) bond motifs is 1. The summed E-state index contributed by atoms with van der Waals surface area (Å²) in [7, 11) is -3.62. The molecular formula is C23H21N3O3S. The van der Waals surface area contributed by atoms with E-state index < -0.39 is 16.1 Å². The van der Waals surface area contributed by atoms with Gasteiger partial charge in [0.05, 0.1) is 4.90 Å². The van der Waals surface area contributed by atoms with Gasteiger partial charge in [-0.1, -0.05) is 29.8 Å². The van der Waals surface area contributed by atoms with Gasteiger partial charge >= 0.3 is 0 Å².